The van der Waals surface area contributed by atoms with Crippen molar-refractivity contribution in [3.05, 3.63) is 107 Å². The van der Waals surface area contributed by atoms with Gasteiger partial charge in [0.25, 0.3) is 0 Å². The van der Waals surface area contributed by atoms with Crippen LogP contribution in [0.15, 0.2) is 90.1 Å². The Kier molecular flexibility index (Phi) is 7.05. The van der Waals surface area contributed by atoms with Crippen molar-refractivity contribution in [1.29, 1.82) is 0 Å². The van der Waals surface area contributed by atoms with Crippen LogP contribution in [0, 0.1) is 0 Å². The van der Waals surface area contributed by atoms with Crippen LogP contribution >= 0.6 is 12.2 Å². The van der Waals surface area contributed by atoms with Crippen LogP contribution in [0.1, 0.15) is 41.4 Å². The van der Waals surface area contributed by atoms with Crippen LogP contribution in [0.2, 0.25) is 0 Å². The summed E-state index contributed by atoms with van der Waals surface area (Å²) >= 11 is 5.40. The Bertz CT molecular complexity index is 1180. The highest BCUT2D eigenvalue weighted by Gasteiger charge is 2.31. The van der Waals surface area contributed by atoms with Crippen molar-refractivity contribution in [3.8, 4) is 11.5 Å². The first-order chi connectivity index (χ1) is 16.1. The maximum atomic E-state index is 13.4. The van der Waals surface area contributed by atoms with E-state index in [1.807, 2.05) is 92.7 Å². The van der Waals surface area contributed by atoms with Gasteiger partial charge in [-0.2, -0.15) is 0 Å². The Hall–Kier alpha value is -3.64. The molecule has 5 nitrogen and oxygen atoms in total. The van der Waals surface area contributed by atoms with Gasteiger partial charge in [-0.3, -0.25) is 4.79 Å². The fourth-order valence-corrected chi connectivity index (χ4v) is 4.09. The number of rotatable bonds is 8. The quantitative estimate of drug-likeness (QED) is 0.351. The fraction of sp³-hybridized carbons (Fsp3) is 0.185. The predicted octanol–water partition coefficient (Wildman–Crippen LogP) is 5.34. The minimum absolute atomic E-state index is 0.0528. The second-order valence-electron chi connectivity index (χ2n) is 7.68. The van der Waals surface area contributed by atoms with Gasteiger partial charge >= 0.3 is 0 Å². The number of ether oxygens (including phenoxy) is 2. The van der Waals surface area contributed by atoms with Crippen molar-refractivity contribution in [2.24, 2.45) is 0 Å². The van der Waals surface area contributed by atoms with E-state index in [0.717, 1.165) is 16.8 Å². The highest BCUT2D eigenvalue weighted by molar-refractivity contribution is 7.80. The lowest BCUT2D eigenvalue weighted by Crippen LogP contribution is -2.44. The predicted molar refractivity (Wildman–Crippen MR) is 133 cm³/mol. The molecule has 0 radical (unpaired) electrons. The molecule has 1 aliphatic heterocycles. The Labute approximate surface area is 199 Å². The Morgan fingerprint density at radius 3 is 2.33 bits per heavy atom. The lowest BCUT2D eigenvalue weighted by atomic mass is 9.89. The first kappa shape index (κ1) is 22.6. The summed E-state index contributed by atoms with van der Waals surface area (Å²) in [7, 11) is 0. The summed E-state index contributed by atoms with van der Waals surface area (Å²) in [5.74, 6) is 1.22. The lowest BCUT2D eigenvalue weighted by molar-refractivity contribution is 0.102. The summed E-state index contributed by atoms with van der Waals surface area (Å²) in [6, 6.07) is 24.6. The van der Waals surface area contributed by atoms with Crippen LogP contribution in [0.5, 0.6) is 11.5 Å². The minimum Gasteiger partial charge on any atom is -0.490 e. The van der Waals surface area contributed by atoms with Gasteiger partial charge in [-0.05, 0) is 49.3 Å². The van der Waals surface area contributed by atoms with Crippen molar-refractivity contribution in [3.63, 3.8) is 0 Å². The molecule has 0 bridgehead atoms. The van der Waals surface area contributed by atoms with E-state index in [-0.39, 0.29) is 5.78 Å². The van der Waals surface area contributed by atoms with Crippen molar-refractivity contribution in [2.75, 3.05) is 6.61 Å². The molecule has 0 spiro atoms. The molecule has 0 saturated carbocycles. The van der Waals surface area contributed by atoms with Crippen LogP contribution < -0.4 is 20.1 Å². The lowest BCUT2D eigenvalue weighted by Gasteiger charge is -2.30. The van der Waals surface area contributed by atoms with Crippen LogP contribution in [0.3, 0.4) is 0 Å². The molecule has 0 saturated heterocycles. The van der Waals surface area contributed by atoms with E-state index in [0.29, 0.717) is 41.0 Å². The third kappa shape index (κ3) is 5.23. The van der Waals surface area contributed by atoms with Crippen molar-refractivity contribution in [2.45, 2.75) is 26.5 Å². The van der Waals surface area contributed by atoms with Gasteiger partial charge in [0.1, 0.15) is 6.61 Å². The van der Waals surface area contributed by atoms with E-state index in [4.69, 9.17) is 21.7 Å². The molecular weight excluding hydrogens is 432 g/mol. The van der Waals surface area contributed by atoms with Gasteiger partial charge in [-0.1, -0.05) is 66.7 Å². The van der Waals surface area contributed by atoms with Gasteiger partial charge in [-0.25, -0.2) is 0 Å². The molecule has 4 rings (SSSR count). The Balaban J connectivity index is 1.66. The maximum absolute atomic E-state index is 13.4. The molecule has 33 heavy (non-hydrogen) atoms. The third-order valence-corrected chi connectivity index (χ3v) is 5.61. The van der Waals surface area contributed by atoms with Gasteiger partial charge in [0.2, 0.25) is 0 Å². The van der Waals surface area contributed by atoms with E-state index in [9.17, 15) is 4.79 Å². The number of allylic oxidation sites excluding steroid dienone is 1. The molecule has 0 amide bonds. The molecule has 3 aromatic carbocycles. The number of ketones is 1. The maximum Gasteiger partial charge on any atom is 0.193 e. The van der Waals surface area contributed by atoms with E-state index < -0.39 is 6.04 Å². The number of benzene rings is 3. The fourth-order valence-electron chi connectivity index (χ4n) is 3.82. The third-order valence-electron chi connectivity index (χ3n) is 5.39. The molecule has 1 heterocycles. The minimum atomic E-state index is -0.408. The van der Waals surface area contributed by atoms with E-state index in [2.05, 4.69) is 10.6 Å². The van der Waals surface area contributed by atoms with Crippen LogP contribution in [0.4, 0.5) is 0 Å². The molecule has 1 aliphatic rings. The molecule has 2 N–H and O–H groups in total. The Morgan fingerprint density at radius 1 is 0.939 bits per heavy atom. The SMILES string of the molecule is CCOc1cc(C2NC(=S)NC(C)=C2C(=O)c2ccccc2)ccc1OCc1ccccc1. The summed E-state index contributed by atoms with van der Waals surface area (Å²) in [6.07, 6.45) is 0. The summed E-state index contributed by atoms with van der Waals surface area (Å²) in [5, 5.41) is 6.82. The van der Waals surface area contributed by atoms with E-state index >= 15 is 0 Å². The zero-order valence-corrected chi connectivity index (χ0v) is 19.4. The zero-order chi connectivity index (χ0) is 23.2. The van der Waals surface area contributed by atoms with E-state index in [1.54, 1.807) is 0 Å². The number of carbonyl (C=O) groups excluding carboxylic acids is 1. The van der Waals surface area contributed by atoms with Crippen LogP contribution in [0.25, 0.3) is 0 Å². The average molecular weight is 459 g/mol. The second kappa shape index (κ2) is 10.3. The van der Waals surface area contributed by atoms with Gasteiger partial charge in [-0.15, -0.1) is 0 Å². The molecule has 3 aromatic rings. The molecule has 0 aromatic heterocycles. The molecule has 1 unspecified atom stereocenters. The number of carbonyl (C=O) groups is 1. The van der Waals surface area contributed by atoms with Gasteiger partial charge in [0, 0.05) is 16.8 Å². The second-order valence-corrected chi connectivity index (χ2v) is 8.09. The number of nitrogens with one attached hydrogen (secondary N) is 2. The number of thiocarbonyl (C=S) groups is 1. The summed E-state index contributed by atoms with van der Waals surface area (Å²) in [5.41, 5.74) is 3.92. The molecule has 0 fully saturated rings. The monoisotopic (exact) mass is 458 g/mol. The smallest absolute Gasteiger partial charge is 0.193 e. The van der Waals surface area contributed by atoms with Gasteiger partial charge in [0.15, 0.2) is 22.4 Å². The zero-order valence-electron chi connectivity index (χ0n) is 18.6. The topological polar surface area (TPSA) is 59.6 Å². The molecular formula is C27H26N2O3S. The number of hydrogen-bond donors (Lipinski definition) is 2. The van der Waals surface area contributed by atoms with Crippen molar-refractivity contribution in [1.82, 2.24) is 10.6 Å². The van der Waals surface area contributed by atoms with Gasteiger partial charge < -0.3 is 20.1 Å². The molecule has 168 valence electrons. The number of Topliss-reactive ketones (excluding diaryl/α,β-unsaturated/α-hetero) is 1. The van der Waals surface area contributed by atoms with E-state index in [1.165, 1.54) is 0 Å². The molecule has 0 aliphatic carbocycles. The normalized spacial score (nSPS) is 15.5. The van der Waals surface area contributed by atoms with Crippen LogP contribution in [-0.4, -0.2) is 17.5 Å². The standard InChI is InChI=1S/C27H26N2O3S/c1-3-31-23-16-21(14-15-22(23)32-17-19-10-6-4-7-11-19)25-24(18(2)28-27(33)29-25)26(30)20-12-8-5-9-13-20/h4-16,25H,3,17H2,1-2H3,(H2,28,29,33). The first-order valence-corrected chi connectivity index (χ1v) is 11.3. The molecule has 1 atom stereocenters. The Morgan fingerprint density at radius 2 is 1.64 bits per heavy atom. The van der Waals surface area contributed by atoms with Crippen molar-refractivity contribution < 1.29 is 14.3 Å². The van der Waals surface area contributed by atoms with Crippen molar-refractivity contribution >= 4 is 23.1 Å². The highest BCUT2D eigenvalue weighted by atomic mass is 32.1. The summed E-state index contributed by atoms with van der Waals surface area (Å²) in [4.78, 5) is 13.4. The summed E-state index contributed by atoms with van der Waals surface area (Å²) < 4.78 is 11.9. The first-order valence-electron chi connectivity index (χ1n) is 10.9. The molecule has 6 heteroatoms. The summed E-state index contributed by atoms with van der Waals surface area (Å²) in [6.45, 7) is 4.73. The van der Waals surface area contributed by atoms with Crippen LogP contribution in [-0.2, 0) is 6.61 Å². The number of hydrogen-bond acceptors (Lipinski definition) is 4. The van der Waals surface area contributed by atoms with Gasteiger partial charge in [0.05, 0.1) is 12.6 Å². The highest BCUT2D eigenvalue weighted by Crippen LogP contribution is 2.36. The average Bonchev–Trinajstić information content (AvgIpc) is 2.84. The largest absolute Gasteiger partial charge is 0.490 e.